The van der Waals surface area contributed by atoms with E-state index in [2.05, 4.69) is 6.07 Å². The third-order valence-corrected chi connectivity index (χ3v) is 4.36. The Morgan fingerprint density at radius 2 is 1.71 bits per heavy atom. The van der Waals surface area contributed by atoms with Gasteiger partial charge in [0.15, 0.2) is 0 Å². The van der Waals surface area contributed by atoms with Crippen molar-refractivity contribution in [1.29, 1.82) is 5.41 Å². The number of nitrogens with one attached hydrogen (secondary N) is 1. The van der Waals surface area contributed by atoms with E-state index in [1.165, 1.54) is 5.56 Å². The lowest BCUT2D eigenvalue weighted by Gasteiger charge is -2.33. The summed E-state index contributed by atoms with van der Waals surface area (Å²) in [6.07, 6.45) is 1.79. The summed E-state index contributed by atoms with van der Waals surface area (Å²) < 4.78 is 0. The van der Waals surface area contributed by atoms with Gasteiger partial charge in [-0.25, -0.2) is 0 Å². The normalized spacial score (nSPS) is 20.5. The second kappa shape index (κ2) is 4.48. The number of aryl methyl sites for hydroxylation is 1. The van der Waals surface area contributed by atoms with E-state index in [1.54, 1.807) is 0 Å². The van der Waals surface area contributed by atoms with Gasteiger partial charge in [-0.1, -0.05) is 48.5 Å². The minimum absolute atomic E-state index is 0.0948. The molecule has 0 unspecified atom stereocenters. The lowest BCUT2D eigenvalue weighted by atomic mass is 9.96. The predicted molar refractivity (Wildman–Crippen MR) is 84.7 cm³/mol. The molecule has 2 heterocycles. The molecule has 3 heteroatoms. The van der Waals surface area contributed by atoms with Gasteiger partial charge in [0.25, 0.3) is 0 Å². The van der Waals surface area contributed by atoms with E-state index >= 15 is 0 Å². The lowest BCUT2D eigenvalue weighted by molar-refractivity contribution is 0.366. The molecule has 104 valence electrons. The standard InChI is InChI=1S/C18H16N2O/c19-18-16(13-7-2-1-3-8-13)17(21)15-11-10-12-6-4-5-9-14(12)20(15)18/h1-9,15,19,21H,10-11H2/t15-/m0/s1. The zero-order valence-corrected chi connectivity index (χ0v) is 11.6. The van der Waals surface area contributed by atoms with Gasteiger partial charge in [-0.15, -0.1) is 0 Å². The Kier molecular flexibility index (Phi) is 2.61. The first-order chi connectivity index (χ1) is 10.3. The molecule has 3 nitrogen and oxygen atoms in total. The van der Waals surface area contributed by atoms with Gasteiger partial charge in [0, 0.05) is 5.69 Å². The van der Waals surface area contributed by atoms with Crippen LogP contribution in [0.5, 0.6) is 0 Å². The third-order valence-electron chi connectivity index (χ3n) is 4.36. The van der Waals surface area contributed by atoms with Crippen LogP contribution in [0.4, 0.5) is 5.69 Å². The van der Waals surface area contributed by atoms with Crippen molar-refractivity contribution in [3.05, 3.63) is 71.5 Å². The summed E-state index contributed by atoms with van der Waals surface area (Å²) in [5.74, 6) is 0.733. The molecule has 0 amide bonds. The van der Waals surface area contributed by atoms with Crippen molar-refractivity contribution < 1.29 is 5.11 Å². The highest BCUT2D eigenvalue weighted by molar-refractivity contribution is 6.31. The van der Waals surface area contributed by atoms with Gasteiger partial charge >= 0.3 is 0 Å². The Morgan fingerprint density at radius 1 is 1.00 bits per heavy atom. The smallest absolute Gasteiger partial charge is 0.137 e. The highest BCUT2D eigenvalue weighted by Gasteiger charge is 2.40. The van der Waals surface area contributed by atoms with Crippen molar-refractivity contribution in [1.82, 2.24) is 0 Å². The number of aliphatic hydroxyl groups is 1. The van der Waals surface area contributed by atoms with Crippen LogP contribution < -0.4 is 4.90 Å². The number of amidine groups is 1. The zero-order valence-electron chi connectivity index (χ0n) is 11.6. The van der Waals surface area contributed by atoms with Crippen molar-refractivity contribution in [2.24, 2.45) is 0 Å². The Hall–Kier alpha value is -2.55. The largest absolute Gasteiger partial charge is 0.509 e. The van der Waals surface area contributed by atoms with Gasteiger partial charge < -0.3 is 10.0 Å². The second-order valence-electron chi connectivity index (χ2n) is 5.53. The van der Waals surface area contributed by atoms with Crippen LogP contribution in [0.2, 0.25) is 0 Å². The van der Waals surface area contributed by atoms with E-state index in [1.807, 2.05) is 53.4 Å². The molecule has 2 N–H and O–H groups in total. The summed E-state index contributed by atoms with van der Waals surface area (Å²) in [4.78, 5) is 1.97. The van der Waals surface area contributed by atoms with Crippen LogP contribution in [0.25, 0.3) is 5.57 Å². The van der Waals surface area contributed by atoms with Crippen molar-refractivity contribution in [2.75, 3.05) is 4.90 Å². The van der Waals surface area contributed by atoms with Crippen LogP contribution in [0.1, 0.15) is 17.5 Å². The fourth-order valence-corrected chi connectivity index (χ4v) is 3.38. The molecule has 2 aliphatic rings. The average Bonchev–Trinajstić information content (AvgIpc) is 2.80. The van der Waals surface area contributed by atoms with Gasteiger partial charge in [-0.2, -0.15) is 0 Å². The summed E-state index contributed by atoms with van der Waals surface area (Å²) >= 11 is 0. The number of benzene rings is 2. The summed E-state index contributed by atoms with van der Waals surface area (Å²) in [7, 11) is 0. The van der Waals surface area contributed by atoms with E-state index in [9.17, 15) is 5.11 Å². The second-order valence-corrected chi connectivity index (χ2v) is 5.53. The minimum atomic E-state index is -0.0948. The van der Waals surface area contributed by atoms with Gasteiger partial charge in [0.05, 0.1) is 11.6 Å². The predicted octanol–water partition coefficient (Wildman–Crippen LogP) is 3.77. The molecule has 1 atom stereocenters. The maximum atomic E-state index is 10.6. The number of fused-ring (bicyclic) bond motifs is 3. The molecule has 2 aromatic carbocycles. The molecule has 0 fully saturated rings. The number of nitrogens with zero attached hydrogens (tertiary/aromatic N) is 1. The zero-order chi connectivity index (χ0) is 14.4. The SMILES string of the molecule is N=C1C(c2ccccc2)=C(O)[C@@H]2CCc3ccccc3N12. The fourth-order valence-electron chi connectivity index (χ4n) is 3.38. The average molecular weight is 276 g/mol. The first kappa shape index (κ1) is 12.2. The maximum absolute atomic E-state index is 10.6. The van der Waals surface area contributed by atoms with Crippen LogP contribution >= 0.6 is 0 Å². The molecule has 21 heavy (non-hydrogen) atoms. The summed E-state index contributed by atoms with van der Waals surface area (Å²) in [6, 6.07) is 17.8. The van der Waals surface area contributed by atoms with Crippen LogP contribution in [0.15, 0.2) is 60.4 Å². The van der Waals surface area contributed by atoms with E-state index in [-0.39, 0.29) is 6.04 Å². The fraction of sp³-hybridized carbons (Fsp3) is 0.167. The van der Waals surface area contributed by atoms with Crippen LogP contribution in [0.3, 0.4) is 0 Å². The highest BCUT2D eigenvalue weighted by Crippen LogP contribution is 2.41. The number of aliphatic hydroxyl groups excluding tert-OH is 1. The molecule has 0 aliphatic carbocycles. The maximum Gasteiger partial charge on any atom is 0.137 e. The molecule has 0 spiro atoms. The molecule has 0 saturated carbocycles. The summed E-state index contributed by atoms with van der Waals surface area (Å²) in [6.45, 7) is 0. The topological polar surface area (TPSA) is 47.3 Å². The van der Waals surface area contributed by atoms with Crippen molar-refractivity contribution >= 4 is 17.1 Å². The molecular weight excluding hydrogens is 260 g/mol. The number of hydrogen-bond donors (Lipinski definition) is 2. The van der Waals surface area contributed by atoms with Gasteiger partial charge in [0.2, 0.25) is 0 Å². The van der Waals surface area contributed by atoms with Gasteiger partial charge in [-0.3, -0.25) is 5.41 Å². The van der Waals surface area contributed by atoms with Crippen LogP contribution in [-0.2, 0) is 6.42 Å². The Balaban J connectivity index is 1.84. The number of hydrogen-bond acceptors (Lipinski definition) is 2. The molecule has 0 bridgehead atoms. The van der Waals surface area contributed by atoms with E-state index < -0.39 is 0 Å². The van der Waals surface area contributed by atoms with Gasteiger partial charge in [0.1, 0.15) is 11.6 Å². The van der Waals surface area contributed by atoms with E-state index in [4.69, 9.17) is 5.41 Å². The van der Waals surface area contributed by atoms with Crippen molar-refractivity contribution in [3.63, 3.8) is 0 Å². The molecule has 2 aliphatic heterocycles. The van der Waals surface area contributed by atoms with Crippen molar-refractivity contribution in [3.8, 4) is 0 Å². The first-order valence-electron chi connectivity index (χ1n) is 7.22. The van der Waals surface area contributed by atoms with Gasteiger partial charge in [-0.05, 0) is 30.0 Å². The lowest BCUT2D eigenvalue weighted by Crippen LogP contribution is -2.39. The highest BCUT2D eigenvalue weighted by atomic mass is 16.3. The van der Waals surface area contributed by atoms with E-state index in [0.29, 0.717) is 17.2 Å². The monoisotopic (exact) mass is 276 g/mol. The molecule has 2 aromatic rings. The first-order valence-corrected chi connectivity index (χ1v) is 7.22. The number of anilines is 1. The number of para-hydroxylation sites is 1. The third kappa shape index (κ3) is 1.70. The number of rotatable bonds is 1. The van der Waals surface area contributed by atoms with Crippen molar-refractivity contribution in [2.45, 2.75) is 18.9 Å². The molecule has 0 radical (unpaired) electrons. The molecule has 0 saturated heterocycles. The molecule has 4 rings (SSSR count). The Labute approximate surface area is 123 Å². The molecular formula is C18H16N2O. The Morgan fingerprint density at radius 3 is 2.52 bits per heavy atom. The van der Waals surface area contributed by atoms with Crippen LogP contribution in [0, 0.1) is 5.41 Å². The quantitative estimate of drug-likeness (QED) is 0.833. The van der Waals surface area contributed by atoms with Crippen LogP contribution in [-0.4, -0.2) is 17.0 Å². The Bertz CT molecular complexity index is 749. The van der Waals surface area contributed by atoms with E-state index in [0.717, 1.165) is 24.1 Å². The summed E-state index contributed by atoms with van der Waals surface area (Å²) in [5.41, 5.74) is 3.88. The summed E-state index contributed by atoms with van der Waals surface area (Å²) in [5, 5.41) is 19.2. The minimum Gasteiger partial charge on any atom is -0.509 e. The molecule has 0 aromatic heterocycles.